The minimum Gasteiger partial charge on any atom is -0.496 e. The van der Waals surface area contributed by atoms with Crippen LogP contribution in [0.1, 0.15) is 29.0 Å². The number of benzene rings is 2. The van der Waals surface area contributed by atoms with Crippen LogP contribution in [0.4, 0.5) is 0 Å². The highest BCUT2D eigenvalue weighted by molar-refractivity contribution is 5.85. The molecule has 0 bridgehead atoms. The van der Waals surface area contributed by atoms with Gasteiger partial charge in [0.2, 0.25) is 0 Å². The summed E-state index contributed by atoms with van der Waals surface area (Å²) in [5.74, 6) is 2.54. The van der Waals surface area contributed by atoms with E-state index in [0.29, 0.717) is 5.92 Å². The molecule has 1 aliphatic heterocycles. The third-order valence-corrected chi connectivity index (χ3v) is 5.30. The standard InChI is InChI=1S/C20H23NO.ClH/c1-22-19-9-5-8-16-12-17-14-21(11-10-18(17)20(16)19)13-15-6-3-2-4-7-15;/h2-9,17-18H,10-14H2,1H3;1H/t17-,18+;/m0./s1. The first kappa shape index (κ1) is 16.4. The number of nitrogens with zero attached hydrogens (tertiary/aromatic N) is 1. The van der Waals surface area contributed by atoms with Crippen molar-refractivity contribution >= 4 is 12.4 Å². The second-order valence-electron chi connectivity index (χ2n) is 6.61. The quantitative estimate of drug-likeness (QED) is 0.833. The molecule has 2 aliphatic rings. The first-order valence-corrected chi connectivity index (χ1v) is 8.27. The molecular weight excluding hydrogens is 306 g/mol. The van der Waals surface area contributed by atoms with Crippen LogP contribution in [0.3, 0.4) is 0 Å². The number of hydrogen-bond acceptors (Lipinski definition) is 2. The van der Waals surface area contributed by atoms with E-state index in [1.54, 1.807) is 7.11 Å². The Bertz CT molecular complexity index is 658. The molecular formula is C20H24ClNO. The Hall–Kier alpha value is -1.51. The minimum atomic E-state index is 0. The van der Waals surface area contributed by atoms with Gasteiger partial charge in [-0.15, -0.1) is 12.4 Å². The molecule has 0 spiro atoms. The van der Waals surface area contributed by atoms with Crippen molar-refractivity contribution < 1.29 is 4.74 Å². The van der Waals surface area contributed by atoms with Crippen LogP contribution in [0.5, 0.6) is 5.75 Å². The highest BCUT2D eigenvalue weighted by atomic mass is 35.5. The van der Waals surface area contributed by atoms with Crippen LogP contribution in [0.25, 0.3) is 0 Å². The molecule has 23 heavy (non-hydrogen) atoms. The molecule has 2 aromatic carbocycles. The summed E-state index contributed by atoms with van der Waals surface area (Å²) in [7, 11) is 1.80. The Labute approximate surface area is 144 Å². The Balaban J connectivity index is 0.00000156. The summed E-state index contributed by atoms with van der Waals surface area (Å²) in [5.41, 5.74) is 4.43. The Morgan fingerprint density at radius 1 is 1.09 bits per heavy atom. The summed E-state index contributed by atoms with van der Waals surface area (Å²) in [6.45, 7) is 3.47. The molecule has 1 saturated heterocycles. The van der Waals surface area contributed by atoms with Gasteiger partial charge in [0.15, 0.2) is 0 Å². The molecule has 0 radical (unpaired) electrons. The molecule has 1 heterocycles. The van der Waals surface area contributed by atoms with Crippen LogP contribution < -0.4 is 4.74 Å². The van der Waals surface area contributed by atoms with Gasteiger partial charge in [0.25, 0.3) is 0 Å². The van der Waals surface area contributed by atoms with Crippen molar-refractivity contribution in [1.82, 2.24) is 4.90 Å². The average Bonchev–Trinajstić information content (AvgIpc) is 2.93. The van der Waals surface area contributed by atoms with E-state index >= 15 is 0 Å². The van der Waals surface area contributed by atoms with Crippen molar-refractivity contribution in [2.75, 3.05) is 20.2 Å². The monoisotopic (exact) mass is 329 g/mol. The van der Waals surface area contributed by atoms with Crippen molar-refractivity contribution in [1.29, 1.82) is 0 Å². The van der Waals surface area contributed by atoms with E-state index in [1.807, 2.05) is 0 Å². The maximum Gasteiger partial charge on any atom is 0.122 e. The second kappa shape index (κ2) is 6.94. The molecule has 0 N–H and O–H groups in total. The van der Waals surface area contributed by atoms with E-state index in [-0.39, 0.29) is 12.4 Å². The largest absolute Gasteiger partial charge is 0.496 e. The number of rotatable bonds is 3. The third kappa shape index (κ3) is 3.11. The van der Waals surface area contributed by atoms with Gasteiger partial charge in [-0.2, -0.15) is 0 Å². The van der Waals surface area contributed by atoms with Crippen LogP contribution >= 0.6 is 12.4 Å². The summed E-state index contributed by atoms with van der Waals surface area (Å²) in [4.78, 5) is 2.62. The SMILES string of the molecule is COc1cccc2c1[C@@H]1CCN(Cc3ccccc3)C[C@@H]1C2.Cl. The van der Waals surface area contributed by atoms with Gasteiger partial charge < -0.3 is 4.74 Å². The first-order valence-electron chi connectivity index (χ1n) is 8.27. The predicted molar refractivity (Wildman–Crippen MR) is 96.5 cm³/mol. The van der Waals surface area contributed by atoms with E-state index in [9.17, 15) is 0 Å². The van der Waals surface area contributed by atoms with Crippen LogP contribution in [-0.2, 0) is 13.0 Å². The fourth-order valence-electron chi connectivity index (χ4n) is 4.33. The predicted octanol–water partition coefficient (Wildman–Crippen LogP) is 4.28. The molecule has 0 amide bonds. The lowest BCUT2D eigenvalue weighted by molar-refractivity contribution is 0.154. The molecule has 4 rings (SSSR count). The van der Waals surface area contributed by atoms with Crippen LogP contribution in [0, 0.1) is 5.92 Å². The number of hydrogen-bond donors (Lipinski definition) is 0. The van der Waals surface area contributed by atoms with Gasteiger partial charge in [-0.3, -0.25) is 4.90 Å². The van der Waals surface area contributed by atoms with Crippen molar-refractivity contribution in [3.63, 3.8) is 0 Å². The highest BCUT2D eigenvalue weighted by Gasteiger charge is 2.38. The third-order valence-electron chi connectivity index (χ3n) is 5.30. The summed E-state index contributed by atoms with van der Waals surface area (Å²) in [6.07, 6.45) is 2.47. The minimum absolute atomic E-state index is 0. The lowest BCUT2D eigenvalue weighted by Crippen LogP contribution is -2.37. The highest BCUT2D eigenvalue weighted by Crippen LogP contribution is 2.47. The van der Waals surface area contributed by atoms with Gasteiger partial charge in [-0.1, -0.05) is 42.5 Å². The smallest absolute Gasteiger partial charge is 0.122 e. The Kier molecular flexibility index (Phi) is 4.93. The number of methoxy groups -OCH3 is 1. The number of fused-ring (bicyclic) bond motifs is 3. The van der Waals surface area contributed by atoms with E-state index in [1.165, 1.54) is 42.6 Å². The van der Waals surface area contributed by atoms with Gasteiger partial charge in [-0.05, 0) is 48.4 Å². The van der Waals surface area contributed by atoms with E-state index in [2.05, 4.69) is 53.4 Å². The maximum atomic E-state index is 5.61. The molecule has 1 aliphatic carbocycles. The van der Waals surface area contributed by atoms with Gasteiger partial charge in [0.05, 0.1) is 7.11 Å². The summed E-state index contributed by atoms with van der Waals surface area (Å²) in [6, 6.07) is 17.4. The zero-order chi connectivity index (χ0) is 14.9. The van der Waals surface area contributed by atoms with Crippen molar-refractivity contribution in [3.8, 4) is 5.75 Å². The Morgan fingerprint density at radius 3 is 2.70 bits per heavy atom. The molecule has 3 heteroatoms. The van der Waals surface area contributed by atoms with Gasteiger partial charge in [0.1, 0.15) is 5.75 Å². The second-order valence-corrected chi connectivity index (χ2v) is 6.61. The van der Waals surface area contributed by atoms with Crippen molar-refractivity contribution in [2.45, 2.75) is 25.3 Å². The fraction of sp³-hybridized carbons (Fsp3) is 0.400. The maximum absolute atomic E-state index is 5.61. The van der Waals surface area contributed by atoms with Gasteiger partial charge >= 0.3 is 0 Å². The zero-order valence-corrected chi connectivity index (χ0v) is 14.4. The lowest BCUT2D eigenvalue weighted by atomic mass is 9.85. The Morgan fingerprint density at radius 2 is 1.91 bits per heavy atom. The molecule has 0 saturated carbocycles. The molecule has 1 fully saturated rings. The first-order chi connectivity index (χ1) is 10.8. The summed E-state index contributed by atoms with van der Waals surface area (Å²) < 4.78 is 5.61. The van der Waals surface area contributed by atoms with E-state index in [4.69, 9.17) is 4.74 Å². The molecule has 0 unspecified atom stereocenters. The normalized spacial score (nSPS) is 22.8. The number of piperidine rings is 1. The molecule has 2 nitrogen and oxygen atoms in total. The molecule has 122 valence electrons. The summed E-state index contributed by atoms with van der Waals surface area (Å²) in [5, 5.41) is 0. The number of halogens is 1. The van der Waals surface area contributed by atoms with Crippen molar-refractivity contribution in [2.24, 2.45) is 5.92 Å². The van der Waals surface area contributed by atoms with Gasteiger partial charge in [-0.25, -0.2) is 0 Å². The summed E-state index contributed by atoms with van der Waals surface area (Å²) >= 11 is 0. The van der Waals surface area contributed by atoms with Crippen molar-refractivity contribution in [3.05, 3.63) is 65.2 Å². The fourth-order valence-corrected chi connectivity index (χ4v) is 4.33. The van der Waals surface area contributed by atoms with E-state index in [0.717, 1.165) is 18.2 Å². The molecule has 0 aromatic heterocycles. The number of likely N-dealkylation sites (tertiary alicyclic amines) is 1. The average molecular weight is 330 g/mol. The topological polar surface area (TPSA) is 12.5 Å². The van der Waals surface area contributed by atoms with Crippen LogP contribution in [-0.4, -0.2) is 25.1 Å². The van der Waals surface area contributed by atoms with Crippen LogP contribution in [0.15, 0.2) is 48.5 Å². The van der Waals surface area contributed by atoms with Crippen LogP contribution in [0.2, 0.25) is 0 Å². The zero-order valence-electron chi connectivity index (χ0n) is 13.6. The molecule has 2 aromatic rings. The van der Waals surface area contributed by atoms with E-state index < -0.39 is 0 Å². The molecule has 2 atom stereocenters. The lowest BCUT2D eigenvalue weighted by Gasteiger charge is -2.35. The number of ether oxygens (including phenoxy) is 1. The van der Waals surface area contributed by atoms with Gasteiger partial charge in [0, 0.05) is 18.7 Å².